The molecule has 0 unspecified atom stereocenters. The zero-order valence-electron chi connectivity index (χ0n) is 15.9. The second-order valence-corrected chi connectivity index (χ2v) is 7.37. The maximum absolute atomic E-state index is 13.1. The number of rotatable bonds is 5. The molecule has 4 aromatic rings. The first kappa shape index (κ1) is 19.9. The number of aromatic nitrogens is 1. The van der Waals surface area contributed by atoms with Crippen LogP contribution in [0.25, 0.3) is 10.9 Å². The number of halogens is 2. The van der Waals surface area contributed by atoms with Crippen molar-refractivity contribution in [2.24, 2.45) is 0 Å². The molecule has 0 aliphatic carbocycles. The molecule has 0 fully saturated rings. The fourth-order valence-corrected chi connectivity index (χ4v) is 3.46. The van der Waals surface area contributed by atoms with Gasteiger partial charge in [0.05, 0.1) is 17.6 Å². The van der Waals surface area contributed by atoms with E-state index in [0.29, 0.717) is 28.0 Å². The lowest BCUT2D eigenvalue weighted by atomic mass is 10.1. The number of carbonyl (C=O) groups is 1. The van der Waals surface area contributed by atoms with Crippen LogP contribution in [0.4, 0.5) is 4.39 Å². The molecule has 1 aromatic heterocycles. The van der Waals surface area contributed by atoms with Crippen LogP contribution in [0, 0.1) is 5.82 Å². The molecule has 4 nitrogen and oxygen atoms in total. The molecule has 4 rings (SSSR count). The molecular formula is C24H18ClFN2O2. The molecule has 0 bridgehead atoms. The van der Waals surface area contributed by atoms with Crippen LogP contribution in [0.3, 0.4) is 0 Å². The van der Waals surface area contributed by atoms with Gasteiger partial charge in [0, 0.05) is 23.0 Å². The molecule has 1 N–H and O–H groups in total. The van der Waals surface area contributed by atoms with E-state index < -0.39 is 0 Å². The zero-order valence-corrected chi connectivity index (χ0v) is 16.7. The molecule has 0 spiro atoms. The quantitative estimate of drug-likeness (QED) is 0.505. The van der Waals surface area contributed by atoms with Crippen LogP contribution in [0.1, 0.15) is 21.5 Å². The highest BCUT2D eigenvalue weighted by molar-refractivity contribution is 6.30. The number of carbonyl (C=O) groups excluding carboxylic acids is 1. The van der Waals surface area contributed by atoms with Gasteiger partial charge in [-0.3, -0.25) is 9.59 Å². The lowest BCUT2D eigenvalue weighted by molar-refractivity contribution is 0.0952. The van der Waals surface area contributed by atoms with Crippen molar-refractivity contribution in [1.82, 2.24) is 9.88 Å². The van der Waals surface area contributed by atoms with E-state index in [1.54, 1.807) is 28.8 Å². The molecule has 6 heteroatoms. The Morgan fingerprint density at radius 3 is 2.33 bits per heavy atom. The van der Waals surface area contributed by atoms with Gasteiger partial charge in [-0.2, -0.15) is 0 Å². The van der Waals surface area contributed by atoms with Gasteiger partial charge in [0.1, 0.15) is 5.82 Å². The van der Waals surface area contributed by atoms with Crippen molar-refractivity contribution >= 4 is 28.4 Å². The van der Waals surface area contributed by atoms with Gasteiger partial charge in [-0.25, -0.2) is 4.39 Å². The average Bonchev–Trinajstić information content (AvgIpc) is 2.76. The van der Waals surface area contributed by atoms with Crippen LogP contribution < -0.4 is 10.9 Å². The Morgan fingerprint density at radius 1 is 0.933 bits per heavy atom. The number of hydrogen-bond donors (Lipinski definition) is 1. The van der Waals surface area contributed by atoms with Gasteiger partial charge in [0.25, 0.3) is 11.5 Å². The van der Waals surface area contributed by atoms with Crippen molar-refractivity contribution in [1.29, 1.82) is 0 Å². The molecule has 0 aliphatic heterocycles. The van der Waals surface area contributed by atoms with E-state index in [1.807, 2.05) is 36.4 Å². The first-order chi connectivity index (χ1) is 14.5. The van der Waals surface area contributed by atoms with Gasteiger partial charge >= 0.3 is 0 Å². The van der Waals surface area contributed by atoms with E-state index in [9.17, 15) is 14.0 Å². The summed E-state index contributed by atoms with van der Waals surface area (Å²) in [5.74, 6) is -0.688. The normalized spacial score (nSPS) is 10.9. The Labute approximate surface area is 177 Å². The minimum absolute atomic E-state index is 0.237. The van der Waals surface area contributed by atoms with Crippen LogP contribution >= 0.6 is 11.6 Å². The Balaban J connectivity index is 1.66. The summed E-state index contributed by atoms with van der Waals surface area (Å²) >= 11 is 5.95. The molecule has 30 heavy (non-hydrogen) atoms. The van der Waals surface area contributed by atoms with E-state index >= 15 is 0 Å². The number of para-hydroxylation sites is 1. The van der Waals surface area contributed by atoms with E-state index in [-0.39, 0.29) is 23.8 Å². The molecular weight excluding hydrogens is 403 g/mol. The third kappa shape index (κ3) is 4.26. The molecule has 1 amide bonds. The highest BCUT2D eigenvalue weighted by Gasteiger charge is 2.15. The van der Waals surface area contributed by atoms with Crippen LogP contribution in [0.5, 0.6) is 0 Å². The summed E-state index contributed by atoms with van der Waals surface area (Å²) in [6.07, 6.45) is 0. The van der Waals surface area contributed by atoms with Gasteiger partial charge in [-0.05, 0) is 41.5 Å². The van der Waals surface area contributed by atoms with Crippen molar-refractivity contribution in [2.45, 2.75) is 13.1 Å². The zero-order chi connectivity index (χ0) is 21.1. The van der Waals surface area contributed by atoms with Gasteiger partial charge in [-0.15, -0.1) is 0 Å². The van der Waals surface area contributed by atoms with Gasteiger partial charge < -0.3 is 9.88 Å². The van der Waals surface area contributed by atoms with Crippen molar-refractivity contribution < 1.29 is 9.18 Å². The SMILES string of the molecule is O=C(NCc1ccc(F)cc1)c1cc(=O)n(Cc2ccc(Cl)cc2)c2ccccc12. The number of hydrogen-bond acceptors (Lipinski definition) is 2. The predicted molar refractivity (Wildman–Crippen MR) is 116 cm³/mol. The summed E-state index contributed by atoms with van der Waals surface area (Å²) in [5, 5.41) is 4.12. The van der Waals surface area contributed by atoms with Crippen molar-refractivity contribution in [3.8, 4) is 0 Å². The van der Waals surface area contributed by atoms with E-state index in [1.165, 1.54) is 18.2 Å². The highest BCUT2D eigenvalue weighted by atomic mass is 35.5. The van der Waals surface area contributed by atoms with Crippen LogP contribution in [0.15, 0.2) is 83.7 Å². The number of benzene rings is 3. The van der Waals surface area contributed by atoms with Crippen molar-refractivity contribution in [3.63, 3.8) is 0 Å². The molecule has 0 radical (unpaired) electrons. The van der Waals surface area contributed by atoms with Crippen molar-refractivity contribution in [3.05, 3.63) is 117 Å². The number of nitrogens with zero attached hydrogens (tertiary/aromatic N) is 1. The standard InChI is InChI=1S/C24H18ClFN2O2/c25-18-9-5-17(6-10-18)15-28-22-4-2-1-3-20(22)21(13-23(28)29)24(30)27-14-16-7-11-19(26)12-8-16/h1-13H,14-15H2,(H,27,30). The monoisotopic (exact) mass is 420 g/mol. The Bertz CT molecular complexity index is 1270. The highest BCUT2D eigenvalue weighted by Crippen LogP contribution is 2.19. The molecule has 1 heterocycles. The maximum atomic E-state index is 13.1. The van der Waals surface area contributed by atoms with Gasteiger partial charge in [0.2, 0.25) is 0 Å². The first-order valence-corrected chi connectivity index (χ1v) is 9.79. The second kappa shape index (κ2) is 8.51. The number of nitrogens with one attached hydrogen (secondary N) is 1. The summed E-state index contributed by atoms with van der Waals surface area (Å²) < 4.78 is 14.7. The van der Waals surface area contributed by atoms with Gasteiger partial charge in [-0.1, -0.05) is 54.1 Å². The largest absolute Gasteiger partial charge is 0.348 e. The van der Waals surface area contributed by atoms with Crippen LogP contribution in [-0.2, 0) is 13.1 Å². The number of pyridine rings is 1. The minimum atomic E-state index is -0.355. The third-order valence-electron chi connectivity index (χ3n) is 4.88. The average molecular weight is 421 g/mol. The first-order valence-electron chi connectivity index (χ1n) is 9.41. The van der Waals surface area contributed by atoms with Crippen molar-refractivity contribution in [2.75, 3.05) is 0 Å². The lowest BCUT2D eigenvalue weighted by Gasteiger charge is -2.14. The molecule has 3 aromatic carbocycles. The van der Waals surface area contributed by atoms with Crippen LogP contribution in [-0.4, -0.2) is 10.5 Å². The summed E-state index contributed by atoms with van der Waals surface area (Å²) in [4.78, 5) is 25.7. The summed E-state index contributed by atoms with van der Waals surface area (Å²) in [6, 6.07) is 21.9. The molecule has 0 saturated carbocycles. The molecule has 0 atom stereocenters. The Hall–Kier alpha value is -3.44. The number of amides is 1. The number of fused-ring (bicyclic) bond motifs is 1. The van der Waals surface area contributed by atoms with Gasteiger partial charge in [0.15, 0.2) is 0 Å². The topological polar surface area (TPSA) is 51.1 Å². The molecule has 0 aliphatic rings. The van der Waals surface area contributed by atoms with E-state index in [2.05, 4.69) is 5.32 Å². The lowest BCUT2D eigenvalue weighted by Crippen LogP contribution is -2.27. The summed E-state index contributed by atoms with van der Waals surface area (Å²) in [6.45, 7) is 0.606. The van der Waals surface area contributed by atoms with E-state index in [4.69, 9.17) is 11.6 Å². The van der Waals surface area contributed by atoms with E-state index in [0.717, 1.165) is 11.1 Å². The fourth-order valence-electron chi connectivity index (χ4n) is 3.34. The maximum Gasteiger partial charge on any atom is 0.252 e. The summed E-state index contributed by atoms with van der Waals surface area (Å²) in [5.41, 5.74) is 2.41. The molecule has 150 valence electrons. The summed E-state index contributed by atoms with van der Waals surface area (Å²) in [7, 11) is 0. The smallest absolute Gasteiger partial charge is 0.252 e. The Kier molecular flexibility index (Phi) is 5.63. The second-order valence-electron chi connectivity index (χ2n) is 6.94. The fraction of sp³-hybridized carbons (Fsp3) is 0.0833. The predicted octanol–water partition coefficient (Wildman–Crippen LogP) is 4.77. The third-order valence-corrected chi connectivity index (χ3v) is 5.14. The van der Waals surface area contributed by atoms with Crippen LogP contribution in [0.2, 0.25) is 5.02 Å². The Morgan fingerprint density at radius 2 is 1.60 bits per heavy atom. The minimum Gasteiger partial charge on any atom is -0.348 e. The molecule has 0 saturated heterocycles.